The maximum atomic E-state index is 12.5. The van der Waals surface area contributed by atoms with Gasteiger partial charge < -0.3 is 5.32 Å². The molecule has 0 heterocycles. The van der Waals surface area contributed by atoms with Gasteiger partial charge in [-0.3, -0.25) is 0 Å². The molecule has 0 fully saturated rings. The van der Waals surface area contributed by atoms with Gasteiger partial charge in [-0.2, -0.15) is 23.7 Å². The monoisotopic (exact) mass is 301 g/mol. The Balaban J connectivity index is 2.18. The summed E-state index contributed by atoms with van der Waals surface area (Å²) < 4.78 is 37.4. The zero-order valence-corrected chi connectivity index (χ0v) is 11.3. The summed E-state index contributed by atoms with van der Waals surface area (Å²) in [5.74, 6) is 0. The largest absolute Gasteiger partial charge is 0.416 e. The van der Waals surface area contributed by atoms with Gasteiger partial charge in [-0.25, -0.2) is 0 Å². The Morgan fingerprint density at radius 2 is 1.45 bits per heavy atom. The van der Waals surface area contributed by atoms with Gasteiger partial charge in [0.05, 0.1) is 22.4 Å². The van der Waals surface area contributed by atoms with Gasteiger partial charge in [0.15, 0.2) is 0 Å². The maximum absolute atomic E-state index is 12.5. The fourth-order valence-corrected chi connectivity index (χ4v) is 1.93. The third-order valence-electron chi connectivity index (χ3n) is 3.06. The Kier molecular flexibility index (Phi) is 4.33. The highest BCUT2D eigenvalue weighted by molar-refractivity contribution is 5.66. The van der Waals surface area contributed by atoms with Gasteiger partial charge >= 0.3 is 6.18 Å². The number of nitrogens with one attached hydrogen (secondary N) is 1. The van der Waals surface area contributed by atoms with Crippen LogP contribution in [0.25, 0.3) is 0 Å². The molecule has 0 unspecified atom stereocenters. The van der Waals surface area contributed by atoms with Gasteiger partial charge in [0.2, 0.25) is 0 Å². The topological polar surface area (TPSA) is 59.6 Å². The average molecular weight is 301 g/mol. The van der Waals surface area contributed by atoms with E-state index in [9.17, 15) is 13.2 Å². The van der Waals surface area contributed by atoms with Gasteiger partial charge in [0.1, 0.15) is 12.1 Å². The number of benzene rings is 2. The minimum Gasteiger partial charge on any atom is -0.379 e. The number of nitrogens with zero attached hydrogens (tertiary/aromatic N) is 2. The van der Waals surface area contributed by atoms with Gasteiger partial charge in [-0.1, -0.05) is 18.2 Å². The van der Waals surface area contributed by atoms with E-state index in [2.05, 4.69) is 5.32 Å². The minimum atomic E-state index is -4.37. The van der Waals surface area contributed by atoms with E-state index in [1.54, 1.807) is 18.2 Å². The molecule has 2 aromatic carbocycles. The van der Waals surface area contributed by atoms with Crippen LogP contribution in [0.1, 0.15) is 22.3 Å². The molecule has 2 rings (SSSR count). The van der Waals surface area contributed by atoms with Gasteiger partial charge in [0, 0.05) is 6.54 Å². The van der Waals surface area contributed by atoms with Gasteiger partial charge in [-0.15, -0.1) is 0 Å². The highest BCUT2D eigenvalue weighted by Crippen LogP contribution is 2.29. The van der Waals surface area contributed by atoms with E-state index in [4.69, 9.17) is 10.5 Å². The summed E-state index contributed by atoms with van der Waals surface area (Å²) in [7, 11) is 0. The Morgan fingerprint density at radius 3 is 1.91 bits per heavy atom. The first-order valence-electron chi connectivity index (χ1n) is 6.29. The van der Waals surface area contributed by atoms with E-state index >= 15 is 0 Å². The van der Waals surface area contributed by atoms with Crippen molar-refractivity contribution in [3.05, 3.63) is 64.7 Å². The third kappa shape index (κ3) is 3.36. The van der Waals surface area contributed by atoms with Crippen molar-refractivity contribution >= 4 is 5.69 Å². The smallest absolute Gasteiger partial charge is 0.379 e. The number of rotatable bonds is 3. The number of nitriles is 2. The van der Waals surface area contributed by atoms with Crippen molar-refractivity contribution in [3.8, 4) is 12.1 Å². The fourth-order valence-electron chi connectivity index (χ4n) is 1.93. The molecule has 22 heavy (non-hydrogen) atoms. The lowest BCUT2D eigenvalue weighted by Crippen LogP contribution is -2.06. The maximum Gasteiger partial charge on any atom is 0.416 e. The van der Waals surface area contributed by atoms with Gasteiger partial charge in [0.25, 0.3) is 0 Å². The van der Waals surface area contributed by atoms with Crippen LogP contribution < -0.4 is 5.32 Å². The molecule has 2 aromatic rings. The van der Waals surface area contributed by atoms with E-state index in [1.165, 1.54) is 12.1 Å². The molecule has 0 aromatic heterocycles. The lowest BCUT2D eigenvalue weighted by molar-refractivity contribution is -0.137. The molecule has 1 N–H and O–H groups in total. The van der Waals surface area contributed by atoms with Crippen molar-refractivity contribution in [2.75, 3.05) is 5.32 Å². The normalized spacial score (nSPS) is 10.6. The van der Waals surface area contributed by atoms with Gasteiger partial charge in [-0.05, 0) is 29.8 Å². The zero-order valence-electron chi connectivity index (χ0n) is 11.3. The lowest BCUT2D eigenvalue weighted by atomic mass is 10.1. The summed E-state index contributed by atoms with van der Waals surface area (Å²) in [5, 5.41) is 21.0. The highest BCUT2D eigenvalue weighted by atomic mass is 19.4. The fraction of sp³-hybridized carbons (Fsp3) is 0.125. The molecule has 0 aliphatic carbocycles. The molecule has 0 radical (unpaired) electrons. The Hall–Kier alpha value is -2.99. The summed E-state index contributed by atoms with van der Waals surface area (Å²) >= 11 is 0. The first-order chi connectivity index (χ1) is 10.5. The number of hydrogen-bond donors (Lipinski definition) is 1. The van der Waals surface area contributed by atoms with Crippen LogP contribution in [0.5, 0.6) is 0 Å². The molecule has 0 aliphatic heterocycles. The highest BCUT2D eigenvalue weighted by Gasteiger charge is 2.29. The predicted octanol–water partition coefficient (Wildman–Crippen LogP) is 4.06. The summed E-state index contributed by atoms with van der Waals surface area (Å²) in [5.41, 5.74) is 0.903. The van der Waals surface area contributed by atoms with Crippen molar-refractivity contribution in [2.45, 2.75) is 12.7 Å². The van der Waals surface area contributed by atoms with Crippen molar-refractivity contribution in [1.29, 1.82) is 10.5 Å². The first kappa shape index (κ1) is 15.4. The number of hydrogen-bond acceptors (Lipinski definition) is 3. The zero-order chi connectivity index (χ0) is 16.2. The van der Waals surface area contributed by atoms with Crippen molar-refractivity contribution in [3.63, 3.8) is 0 Å². The molecule has 110 valence electrons. The standard InChI is InChI=1S/C16H10F3N3/c17-16(18,19)14-6-4-11(5-7-14)10-22-15-12(8-20)2-1-3-13(15)9-21/h1-7,22H,10H2. The van der Waals surface area contributed by atoms with E-state index < -0.39 is 11.7 Å². The van der Waals surface area contributed by atoms with Crippen LogP contribution in [-0.4, -0.2) is 0 Å². The number of halogens is 3. The molecular weight excluding hydrogens is 291 g/mol. The average Bonchev–Trinajstić information content (AvgIpc) is 2.52. The second-order valence-corrected chi connectivity index (χ2v) is 4.50. The predicted molar refractivity (Wildman–Crippen MR) is 74.6 cm³/mol. The molecule has 0 aliphatic rings. The third-order valence-corrected chi connectivity index (χ3v) is 3.06. The summed E-state index contributed by atoms with van der Waals surface area (Å²) in [4.78, 5) is 0. The minimum absolute atomic E-state index is 0.214. The lowest BCUT2D eigenvalue weighted by Gasteiger charge is -2.11. The number of anilines is 1. The van der Waals surface area contributed by atoms with Crippen LogP contribution in [0.4, 0.5) is 18.9 Å². The molecule has 6 heteroatoms. The van der Waals surface area contributed by atoms with E-state index in [0.717, 1.165) is 12.1 Å². The van der Waals surface area contributed by atoms with E-state index in [0.29, 0.717) is 22.4 Å². The summed E-state index contributed by atoms with van der Waals surface area (Å²) in [6.07, 6.45) is -4.37. The van der Waals surface area contributed by atoms with Crippen molar-refractivity contribution in [1.82, 2.24) is 0 Å². The summed E-state index contributed by atoms with van der Waals surface area (Å²) in [6.45, 7) is 0.214. The first-order valence-corrected chi connectivity index (χ1v) is 6.29. The molecule has 0 saturated heterocycles. The van der Waals surface area contributed by atoms with Crippen LogP contribution in [0.3, 0.4) is 0 Å². The van der Waals surface area contributed by atoms with E-state index in [1.807, 2.05) is 12.1 Å². The van der Waals surface area contributed by atoms with E-state index in [-0.39, 0.29) is 6.54 Å². The molecular formula is C16H10F3N3. The van der Waals surface area contributed by atoms with Crippen LogP contribution in [0, 0.1) is 22.7 Å². The number of alkyl halides is 3. The van der Waals surface area contributed by atoms with Crippen molar-refractivity contribution < 1.29 is 13.2 Å². The molecule has 0 bridgehead atoms. The molecule has 0 atom stereocenters. The SMILES string of the molecule is N#Cc1cccc(C#N)c1NCc1ccc(C(F)(F)F)cc1. The van der Waals surface area contributed by atoms with Crippen molar-refractivity contribution in [2.24, 2.45) is 0 Å². The van der Waals surface area contributed by atoms with Crippen LogP contribution in [0.15, 0.2) is 42.5 Å². The Bertz CT molecular complexity index is 718. The van der Waals surface area contributed by atoms with Crippen LogP contribution in [-0.2, 0) is 12.7 Å². The Morgan fingerprint density at radius 1 is 0.909 bits per heavy atom. The number of para-hydroxylation sites is 1. The molecule has 0 spiro atoms. The summed E-state index contributed by atoms with van der Waals surface area (Å²) in [6, 6.07) is 13.4. The van der Waals surface area contributed by atoms with Crippen LogP contribution >= 0.6 is 0 Å². The molecule has 3 nitrogen and oxygen atoms in total. The second kappa shape index (κ2) is 6.19. The molecule has 0 amide bonds. The molecule has 0 saturated carbocycles. The second-order valence-electron chi connectivity index (χ2n) is 4.50. The Labute approximate surface area is 125 Å². The quantitative estimate of drug-likeness (QED) is 0.930. The van der Waals surface area contributed by atoms with Crippen LogP contribution in [0.2, 0.25) is 0 Å².